The lowest BCUT2D eigenvalue weighted by Gasteiger charge is -2.11. The monoisotopic (exact) mass is 357 g/mol. The lowest BCUT2D eigenvalue weighted by molar-refractivity contribution is -0.119. The van der Waals surface area contributed by atoms with E-state index in [1.165, 1.54) is 6.07 Å². The number of aryl methyl sites for hydroxylation is 1. The lowest BCUT2D eigenvalue weighted by atomic mass is 9.99. The largest absolute Gasteiger partial charge is 0.482 e. The van der Waals surface area contributed by atoms with Gasteiger partial charge in [-0.05, 0) is 24.1 Å². The van der Waals surface area contributed by atoms with Gasteiger partial charge in [0.15, 0.2) is 6.61 Å². The van der Waals surface area contributed by atoms with Gasteiger partial charge in [0.05, 0.1) is 5.02 Å². The molecule has 2 aromatic carbocycles. The van der Waals surface area contributed by atoms with Crippen LogP contribution in [0.2, 0.25) is 5.02 Å². The highest BCUT2D eigenvalue weighted by molar-refractivity contribution is 6.32. The van der Waals surface area contributed by atoms with Gasteiger partial charge in [-0.15, -0.1) is 0 Å². The number of fused-ring (bicyclic) bond motifs is 1. The van der Waals surface area contributed by atoms with Gasteiger partial charge in [0.2, 0.25) is 0 Å². The van der Waals surface area contributed by atoms with Crippen LogP contribution < -0.4 is 16.1 Å². The molecule has 1 aromatic heterocycles. The van der Waals surface area contributed by atoms with E-state index >= 15 is 0 Å². The van der Waals surface area contributed by atoms with Gasteiger partial charge in [-0.25, -0.2) is 4.79 Å². The Morgan fingerprint density at radius 3 is 2.64 bits per heavy atom. The second kappa shape index (κ2) is 6.99. The van der Waals surface area contributed by atoms with Crippen molar-refractivity contribution in [2.75, 3.05) is 6.61 Å². The van der Waals surface area contributed by atoms with E-state index in [4.69, 9.17) is 26.5 Å². The van der Waals surface area contributed by atoms with Crippen molar-refractivity contribution in [3.8, 4) is 5.75 Å². The van der Waals surface area contributed by atoms with Crippen LogP contribution in [0.25, 0.3) is 11.0 Å². The summed E-state index contributed by atoms with van der Waals surface area (Å²) < 4.78 is 10.7. The molecule has 0 unspecified atom stereocenters. The predicted molar refractivity (Wildman–Crippen MR) is 96.2 cm³/mol. The number of ether oxygens (including phenoxy) is 1. The zero-order chi connectivity index (χ0) is 18.0. The Morgan fingerprint density at radius 1 is 1.24 bits per heavy atom. The maximum absolute atomic E-state index is 12.4. The summed E-state index contributed by atoms with van der Waals surface area (Å²) in [7, 11) is 0. The molecule has 2 N–H and O–H groups in total. The van der Waals surface area contributed by atoms with Crippen molar-refractivity contribution in [2.24, 2.45) is 5.73 Å². The minimum absolute atomic E-state index is 0.242. The quantitative estimate of drug-likeness (QED) is 0.711. The Hall–Kier alpha value is -2.79. The molecule has 0 aliphatic heterocycles. The number of carbonyl (C=O) groups is 1. The van der Waals surface area contributed by atoms with Crippen LogP contribution in [-0.4, -0.2) is 12.5 Å². The molecule has 6 heteroatoms. The first-order chi connectivity index (χ1) is 12.0. The van der Waals surface area contributed by atoms with Gasteiger partial charge in [-0.2, -0.15) is 0 Å². The third-order valence-corrected chi connectivity index (χ3v) is 4.23. The average Bonchev–Trinajstić information content (AvgIpc) is 2.58. The van der Waals surface area contributed by atoms with Gasteiger partial charge in [0, 0.05) is 23.4 Å². The molecule has 3 aromatic rings. The maximum atomic E-state index is 12.4. The molecule has 1 amide bonds. The summed E-state index contributed by atoms with van der Waals surface area (Å²) in [4.78, 5) is 23.3. The van der Waals surface area contributed by atoms with Crippen molar-refractivity contribution in [3.63, 3.8) is 0 Å². The molecule has 0 saturated heterocycles. The lowest BCUT2D eigenvalue weighted by Crippen LogP contribution is -2.20. The maximum Gasteiger partial charge on any atom is 0.340 e. The van der Waals surface area contributed by atoms with E-state index in [-0.39, 0.29) is 12.4 Å². The smallest absolute Gasteiger partial charge is 0.340 e. The minimum atomic E-state index is -0.619. The molecular formula is C19H16ClNO4. The van der Waals surface area contributed by atoms with E-state index in [0.29, 0.717) is 22.6 Å². The SMILES string of the molecule is Cc1c(Cc2ccccc2)c(=O)oc2cc(OCC(N)=O)c(Cl)cc12. The van der Waals surface area contributed by atoms with Gasteiger partial charge in [-0.1, -0.05) is 41.9 Å². The summed E-state index contributed by atoms with van der Waals surface area (Å²) in [5, 5.41) is 1.04. The normalized spacial score (nSPS) is 10.8. The van der Waals surface area contributed by atoms with Crippen LogP contribution in [0.4, 0.5) is 0 Å². The highest BCUT2D eigenvalue weighted by Crippen LogP contribution is 2.32. The molecular weight excluding hydrogens is 342 g/mol. The summed E-state index contributed by atoms with van der Waals surface area (Å²) in [6.45, 7) is 1.55. The van der Waals surface area contributed by atoms with Crippen molar-refractivity contribution < 1.29 is 13.9 Å². The Morgan fingerprint density at radius 2 is 1.96 bits per heavy atom. The third kappa shape index (κ3) is 3.67. The molecule has 3 rings (SSSR count). The third-order valence-electron chi connectivity index (χ3n) is 3.93. The summed E-state index contributed by atoms with van der Waals surface area (Å²) in [5.74, 6) is -0.377. The molecule has 0 aliphatic rings. The van der Waals surface area contributed by atoms with Crippen molar-refractivity contribution in [1.82, 2.24) is 0 Å². The van der Waals surface area contributed by atoms with E-state index in [9.17, 15) is 9.59 Å². The van der Waals surface area contributed by atoms with Crippen molar-refractivity contribution in [3.05, 3.63) is 74.6 Å². The van der Waals surface area contributed by atoms with Crippen LogP contribution in [0.3, 0.4) is 0 Å². The van der Waals surface area contributed by atoms with Gasteiger partial charge in [0.25, 0.3) is 5.91 Å². The van der Waals surface area contributed by atoms with E-state index in [1.807, 2.05) is 37.3 Å². The zero-order valence-electron chi connectivity index (χ0n) is 13.5. The van der Waals surface area contributed by atoms with Gasteiger partial charge in [0.1, 0.15) is 11.3 Å². The van der Waals surface area contributed by atoms with Crippen LogP contribution in [0.1, 0.15) is 16.7 Å². The highest BCUT2D eigenvalue weighted by atomic mass is 35.5. The standard InChI is InChI=1S/C19H16ClNO4/c1-11-13-8-15(20)17(24-10-18(21)22)9-16(13)25-19(23)14(11)7-12-5-3-2-4-6-12/h2-6,8-9H,7,10H2,1H3,(H2,21,22). The average molecular weight is 358 g/mol. The molecule has 0 aliphatic carbocycles. The van der Waals surface area contributed by atoms with E-state index in [2.05, 4.69) is 0 Å². The fourth-order valence-corrected chi connectivity index (χ4v) is 2.87. The van der Waals surface area contributed by atoms with Crippen LogP contribution >= 0.6 is 11.6 Å². The molecule has 0 atom stereocenters. The summed E-state index contributed by atoms with van der Waals surface area (Å²) in [6, 6.07) is 12.8. The Balaban J connectivity index is 2.06. The van der Waals surface area contributed by atoms with Crippen LogP contribution in [0.15, 0.2) is 51.7 Å². The Bertz CT molecular complexity index is 996. The second-order valence-electron chi connectivity index (χ2n) is 5.69. The van der Waals surface area contributed by atoms with Crippen molar-refractivity contribution in [2.45, 2.75) is 13.3 Å². The highest BCUT2D eigenvalue weighted by Gasteiger charge is 2.15. The minimum Gasteiger partial charge on any atom is -0.482 e. The van der Waals surface area contributed by atoms with Gasteiger partial charge in [-0.3, -0.25) is 4.79 Å². The van der Waals surface area contributed by atoms with Crippen molar-refractivity contribution >= 4 is 28.5 Å². The molecule has 0 fully saturated rings. The summed E-state index contributed by atoms with van der Waals surface area (Å²) in [5.41, 5.74) is 7.41. The predicted octanol–water partition coefficient (Wildman–Crippen LogP) is 3.21. The molecule has 0 radical (unpaired) electrons. The zero-order valence-corrected chi connectivity index (χ0v) is 14.3. The number of nitrogens with two attached hydrogens (primary N) is 1. The van der Waals surface area contributed by atoms with Gasteiger partial charge < -0.3 is 14.9 Å². The number of rotatable bonds is 5. The van der Waals surface area contributed by atoms with Crippen LogP contribution in [0.5, 0.6) is 5.75 Å². The number of benzene rings is 2. The van der Waals surface area contributed by atoms with E-state index in [0.717, 1.165) is 16.5 Å². The molecule has 1 heterocycles. The molecule has 5 nitrogen and oxygen atoms in total. The molecule has 128 valence electrons. The first-order valence-electron chi connectivity index (χ1n) is 7.66. The van der Waals surface area contributed by atoms with Crippen LogP contribution in [0, 0.1) is 6.92 Å². The Kier molecular flexibility index (Phi) is 4.76. The molecule has 25 heavy (non-hydrogen) atoms. The number of hydrogen-bond donors (Lipinski definition) is 1. The first kappa shape index (κ1) is 17.0. The number of halogens is 1. The van der Waals surface area contributed by atoms with Crippen LogP contribution in [-0.2, 0) is 11.2 Å². The fourth-order valence-electron chi connectivity index (χ4n) is 2.65. The first-order valence-corrected chi connectivity index (χ1v) is 8.04. The summed E-state index contributed by atoms with van der Waals surface area (Å²) >= 11 is 6.21. The molecule has 0 saturated carbocycles. The fraction of sp³-hybridized carbons (Fsp3) is 0.158. The second-order valence-corrected chi connectivity index (χ2v) is 6.10. The van der Waals surface area contributed by atoms with Gasteiger partial charge >= 0.3 is 5.63 Å². The molecule has 0 bridgehead atoms. The number of amides is 1. The van der Waals surface area contributed by atoms with Crippen molar-refractivity contribution in [1.29, 1.82) is 0 Å². The summed E-state index contributed by atoms with van der Waals surface area (Å²) in [6.07, 6.45) is 0.475. The van der Waals surface area contributed by atoms with E-state index in [1.54, 1.807) is 6.07 Å². The number of primary amides is 1. The molecule has 0 spiro atoms. The topological polar surface area (TPSA) is 82.5 Å². The number of hydrogen-bond acceptors (Lipinski definition) is 4. The van der Waals surface area contributed by atoms with E-state index < -0.39 is 11.5 Å². The Labute approximate surface area is 149 Å². The number of carbonyl (C=O) groups excluding carboxylic acids is 1.